The molecule has 1 amide bonds. The van der Waals surface area contributed by atoms with Crippen LogP contribution in [-0.4, -0.2) is 60.9 Å². The minimum atomic E-state index is -0.626. The lowest BCUT2D eigenvalue weighted by atomic mass is 10.2. The molecule has 0 atom stereocenters. The first-order valence-corrected chi connectivity index (χ1v) is 6.87. The van der Waals surface area contributed by atoms with Crippen molar-refractivity contribution in [3.05, 3.63) is 29.5 Å². The van der Waals surface area contributed by atoms with Crippen LogP contribution in [0, 0.1) is 0 Å². The van der Waals surface area contributed by atoms with E-state index in [0.717, 1.165) is 0 Å². The van der Waals surface area contributed by atoms with E-state index in [1.165, 1.54) is 31.3 Å². The van der Waals surface area contributed by atoms with Gasteiger partial charge in [0, 0.05) is 18.3 Å². The number of phenolic OH excluding ortho intramolecular Hbond substituents is 1. The summed E-state index contributed by atoms with van der Waals surface area (Å²) in [6.07, 6.45) is 0. The maximum absolute atomic E-state index is 12.3. The molecule has 1 aromatic carbocycles. The highest BCUT2D eigenvalue weighted by molar-refractivity contribution is 6.08. The average molecular weight is 322 g/mol. The molecule has 0 aromatic heterocycles. The third-order valence-electron chi connectivity index (χ3n) is 3.40. The highest BCUT2D eigenvalue weighted by Crippen LogP contribution is 2.30. The van der Waals surface area contributed by atoms with Crippen molar-refractivity contribution >= 4 is 17.6 Å². The Morgan fingerprint density at radius 3 is 2.70 bits per heavy atom. The quantitative estimate of drug-likeness (QED) is 0.636. The number of benzene rings is 1. The summed E-state index contributed by atoms with van der Waals surface area (Å²) in [6.45, 7) is -0.0499. The molecule has 124 valence electrons. The van der Waals surface area contributed by atoms with Gasteiger partial charge in [-0.25, -0.2) is 4.79 Å². The van der Waals surface area contributed by atoms with Crippen molar-refractivity contribution in [2.75, 3.05) is 39.2 Å². The number of anilines is 1. The van der Waals surface area contributed by atoms with Crippen molar-refractivity contribution in [3.8, 4) is 11.5 Å². The number of rotatable bonds is 6. The highest BCUT2D eigenvalue weighted by atomic mass is 16.5. The number of hydrogen-bond acceptors (Lipinski definition) is 7. The summed E-state index contributed by atoms with van der Waals surface area (Å²) in [4.78, 5) is 25.5. The number of ether oxygens (including phenoxy) is 2. The Morgan fingerprint density at radius 2 is 2.13 bits per heavy atom. The maximum Gasteiger partial charge on any atom is 0.337 e. The number of phenols is 1. The molecule has 0 fully saturated rings. The second kappa shape index (κ2) is 7.01. The Labute approximate surface area is 132 Å². The van der Waals surface area contributed by atoms with E-state index in [4.69, 9.17) is 9.84 Å². The number of aromatic hydroxyl groups is 1. The molecule has 8 nitrogen and oxygen atoms in total. The van der Waals surface area contributed by atoms with Crippen LogP contribution >= 0.6 is 0 Å². The molecule has 0 saturated carbocycles. The third kappa shape index (κ3) is 3.37. The Bertz CT molecular complexity index is 655. The number of aliphatic hydroxyl groups excluding tert-OH is 1. The van der Waals surface area contributed by atoms with Crippen molar-refractivity contribution in [1.82, 2.24) is 4.90 Å². The van der Waals surface area contributed by atoms with Gasteiger partial charge in [-0.3, -0.25) is 4.79 Å². The van der Waals surface area contributed by atoms with Gasteiger partial charge in [0.1, 0.15) is 5.70 Å². The van der Waals surface area contributed by atoms with Crippen LogP contribution in [0.15, 0.2) is 29.5 Å². The molecule has 1 aliphatic rings. The van der Waals surface area contributed by atoms with E-state index in [9.17, 15) is 14.7 Å². The van der Waals surface area contributed by atoms with Crippen LogP contribution in [0.3, 0.4) is 0 Å². The third-order valence-corrected chi connectivity index (χ3v) is 3.40. The predicted octanol–water partition coefficient (Wildman–Crippen LogP) is 0.0743. The van der Waals surface area contributed by atoms with E-state index >= 15 is 0 Å². The molecule has 0 aliphatic carbocycles. The van der Waals surface area contributed by atoms with Crippen molar-refractivity contribution in [3.63, 3.8) is 0 Å². The molecule has 0 bridgehead atoms. The Balaban J connectivity index is 2.31. The number of amides is 1. The molecular formula is C15H18N2O6. The van der Waals surface area contributed by atoms with Crippen molar-refractivity contribution in [2.24, 2.45) is 0 Å². The number of β-amino-alcohol motifs (C(OH)–C–C–N with tert-alkyl or cyclic N) is 1. The van der Waals surface area contributed by atoms with Gasteiger partial charge >= 0.3 is 5.97 Å². The smallest absolute Gasteiger partial charge is 0.337 e. The number of methoxy groups -OCH3 is 2. The first kappa shape index (κ1) is 16.6. The van der Waals surface area contributed by atoms with Gasteiger partial charge in [-0.15, -0.1) is 0 Å². The van der Waals surface area contributed by atoms with Crippen LogP contribution in [0.5, 0.6) is 11.5 Å². The minimum Gasteiger partial charge on any atom is -0.504 e. The second-order valence-electron chi connectivity index (χ2n) is 4.81. The van der Waals surface area contributed by atoms with E-state index in [1.54, 1.807) is 6.07 Å². The van der Waals surface area contributed by atoms with Crippen molar-refractivity contribution < 1.29 is 29.3 Å². The molecule has 0 saturated heterocycles. The molecule has 8 heteroatoms. The lowest BCUT2D eigenvalue weighted by Gasteiger charge is -2.15. The van der Waals surface area contributed by atoms with Crippen molar-refractivity contribution in [1.29, 1.82) is 0 Å². The van der Waals surface area contributed by atoms with Crippen LogP contribution < -0.4 is 10.1 Å². The van der Waals surface area contributed by atoms with Gasteiger partial charge in [0.15, 0.2) is 11.5 Å². The number of nitrogens with zero attached hydrogens (tertiary/aromatic N) is 1. The number of carbonyl (C=O) groups is 2. The number of nitrogens with one attached hydrogen (secondary N) is 1. The standard InChI is InChI=1S/C15H18N2O6/c1-22-12-4-3-9(7-11(12)19)16-13-10(15(21)23-2)8-17(5-6-18)14(13)20/h3-4,7,16,18-19H,5-6,8H2,1-2H3. The summed E-state index contributed by atoms with van der Waals surface area (Å²) < 4.78 is 9.64. The average Bonchev–Trinajstić information content (AvgIpc) is 2.84. The largest absolute Gasteiger partial charge is 0.504 e. The second-order valence-corrected chi connectivity index (χ2v) is 4.81. The molecule has 0 radical (unpaired) electrons. The van der Waals surface area contributed by atoms with Crippen molar-refractivity contribution in [2.45, 2.75) is 0 Å². The Hall–Kier alpha value is -2.74. The highest BCUT2D eigenvalue weighted by Gasteiger charge is 2.34. The van der Waals surface area contributed by atoms with E-state index in [0.29, 0.717) is 5.69 Å². The Kier molecular flexibility index (Phi) is 5.07. The summed E-state index contributed by atoms with van der Waals surface area (Å²) in [7, 11) is 2.65. The number of esters is 1. The topological polar surface area (TPSA) is 108 Å². The minimum absolute atomic E-state index is 0.0521. The van der Waals surface area contributed by atoms with E-state index in [1.807, 2.05) is 0 Å². The SMILES string of the molecule is COC(=O)C1=C(Nc2ccc(OC)c(O)c2)C(=O)N(CCO)C1. The first-order valence-electron chi connectivity index (χ1n) is 6.87. The number of hydrogen-bond donors (Lipinski definition) is 3. The zero-order valence-electron chi connectivity index (χ0n) is 12.8. The monoisotopic (exact) mass is 322 g/mol. The molecule has 23 heavy (non-hydrogen) atoms. The van der Waals surface area contributed by atoms with E-state index in [2.05, 4.69) is 10.1 Å². The summed E-state index contributed by atoms with van der Waals surface area (Å²) in [6, 6.07) is 4.51. The molecule has 2 rings (SSSR count). The fourth-order valence-electron chi connectivity index (χ4n) is 2.26. The lowest BCUT2D eigenvalue weighted by Crippen LogP contribution is -2.31. The van der Waals surface area contributed by atoms with Gasteiger partial charge in [-0.05, 0) is 12.1 Å². The fraction of sp³-hybridized carbons (Fsp3) is 0.333. The van der Waals surface area contributed by atoms with Crippen LogP contribution in [0.1, 0.15) is 0 Å². The summed E-state index contributed by atoms with van der Waals surface area (Å²) in [5, 5.41) is 21.6. The normalized spacial score (nSPS) is 14.2. The lowest BCUT2D eigenvalue weighted by molar-refractivity contribution is -0.136. The van der Waals surface area contributed by atoms with Crippen LogP contribution in [-0.2, 0) is 14.3 Å². The van der Waals surface area contributed by atoms with Crippen LogP contribution in [0.4, 0.5) is 5.69 Å². The molecule has 0 spiro atoms. The van der Waals surface area contributed by atoms with Crippen LogP contribution in [0.25, 0.3) is 0 Å². The number of aliphatic hydroxyl groups is 1. The van der Waals surface area contributed by atoms with Gasteiger partial charge in [-0.2, -0.15) is 0 Å². The molecule has 1 aromatic rings. The van der Waals surface area contributed by atoms with Gasteiger partial charge in [0.25, 0.3) is 5.91 Å². The number of carbonyl (C=O) groups excluding carboxylic acids is 2. The summed E-state index contributed by atoms with van der Waals surface area (Å²) >= 11 is 0. The molecule has 0 unspecified atom stereocenters. The van der Waals surface area contributed by atoms with E-state index in [-0.39, 0.29) is 42.5 Å². The molecular weight excluding hydrogens is 304 g/mol. The Morgan fingerprint density at radius 1 is 1.39 bits per heavy atom. The molecule has 1 aliphatic heterocycles. The maximum atomic E-state index is 12.3. The zero-order chi connectivity index (χ0) is 17.0. The zero-order valence-corrected chi connectivity index (χ0v) is 12.8. The summed E-state index contributed by atoms with van der Waals surface area (Å²) in [5.41, 5.74) is 0.648. The van der Waals surface area contributed by atoms with Gasteiger partial charge in [0.05, 0.1) is 32.9 Å². The predicted molar refractivity (Wildman–Crippen MR) is 81.0 cm³/mol. The summed E-state index contributed by atoms with van der Waals surface area (Å²) in [5.74, 6) is -0.860. The van der Waals surface area contributed by atoms with Gasteiger partial charge in [-0.1, -0.05) is 0 Å². The van der Waals surface area contributed by atoms with E-state index < -0.39 is 11.9 Å². The molecule has 1 heterocycles. The van der Waals surface area contributed by atoms with Gasteiger partial charge in [0.2, 0.25) is 0 Å². The van der Waals surface area contributed by atoms with Crippen LogP contribution in [0.2, 0.25) is 0 Å². The van der Waals surface area contributed by atoms with Gasteiger partial charge < -0.3 is 29.9 Å². The molecule has 3 N–H and O–H groups in total. The first-order chi connectivity index (χ1) is 11.0. The fourth-order valence-corrected chi connectivity index (χ4v) is 2.26.